The van der Waals surface area contributed by atoms with Gasteiger partial charge in [-0.2, -0.15) is 0 Å². The molecule has 0 aliphatic carbocycles. The van der Waals surface area contributed by atoms with Gasteiger partial charge in [0.15, 0.2) is 0 Å². The van der Waals surface area contributed by atoms with E-state index in [1.165, 1.54) is 0 Å². The van der Waals surface area contributed by atoms with E-state index in [0.29, 0.717) is 45.2 Å². The quantitative estimate of drug-likeness (QED) is 0.549. The number of carbonyl (C=O) groups is 2. The van der Waals surface area contributed by atoms with Crippen LogP contribution in [0.2, 0.25) is 0 Å². The van der Waals surface area contributed by atoms with Gasteiger partial charge in [-0.15, -0.1) is 0 Å². The lowest BCUT2D eigenvalue weighted by molar-refractivity contribution is -0.158. The molecule has 4 nitrogen and oxygen atoms in total. The number of alkyl halides is 4. The minimum absolute atomic E-state index is 0.594. The van der Waals surface area contributed by atoms with Gasteiger partial charge >= 0.3 is 19.3 Å². The number of carboxylic acids is 2. The van der Waals surface area contributed by atoms with Gasteiger partial charge in [0.25, 0.3) is 0 Å². The number of hydrogen-bond acceptors (Lipinski definition) is 2. The van der Waals surface area contributed by atoms with E-state index in [1.807, 2.05) is 0 Å². The minimum Gasteiger partial charge on any atom is -0.478 e. The number of hydrogen-bond donors (Lipinski definition) is 2. The highest BCUT2D eigenvalue weighted by Crippen LogP contribution is 2.42. The van der Waals surface area contributed by atoms with Gasteiger partial charge in [-0.1, -0.05) is 0 Å². The second-order valence-corrected chi connectivity index (χ2v) is 4.73. The summed E-state index contributed by atoms with van der Waals surface area (Å²) in [6, 6.07) is 0. The molecule has 0 heterocycles. The van der Waals surface area contributed by atoms with Gasteiger partial charge in [0.2, 0.25) is 0 Å². The molecule has 0 radical (unpaired) electrons. The molecule has 0 aromatic rings. The van der Waals surface area contributed by atoms with Crippen molar-refractivity contribution in [2.24, 2.45) is 0 Å². The average molecular weight is 406 g/mol. The molecule has 12 heavy (non-hydrogen) atoms. The molecule has 0 fully saturated rings. The van der Waals surface area contributed by atoms with Crippen molar-refractivity contribution in [3.05, 3.63) is 0 Å². The van der Waals surface area contributed by atoms with Crippen LogP contribution in [0.25, 0.3) is 0 Å². The van der Waals surface area contributed by atoms with Gasteiger partial charge in [-0.25, -0.2) is 18.4 Å². The van der Waals surface area contributed by atoms with Crippen molar-refractivity contribution in [2.45, 2.75) is 7.35 Å². The maximum Gasteiger partial charge on any atom is 0.356 e. The predicted molar refractivity (Wildman–Crippen MR) is 51.0 cm³/mol. The summed E-state index contributed by atoms with van der Waals surface area (Å²) >= 11 is 1.19. The van der Waals surface area contributed by atoms with Crippen LogP contribution < -0.4 is 0 Å². The molecule has 0 rings (SSSR count). The number of carboxylic acid groups (broad SMARTS) is 2. The maximum atomic E-state index is 12.9. The molecule has 2 N–H and O–H groups in total. The first-order chi connectivity index (χ1) is 5.14. The molecule has 0 bridgehead atoms. The summed E-state index contributed by atoms with van der Waals surface area (Å²) in [6.45, 7) is 0. The Balaban J connectivity index is 5.01. The van der Waals surface area contributed by atoms with Crippen molar-refractivity contribution in [3.8, 4) is 0 Å². The fourth-order valence-electron chi connectivity index (χ4n) is 0.269. The highest BCUT2D eigenvalue weighted by atomic mass is 127. The van der Waals surface area contributed by atoms with E-state index in [0.717, 1.165) is 0 Å². The summed E-state index contributed by atoms with van der Waals surface area (Å²) in [6.07, 6.45) is 0. The highest BCUT2D eigenvalue weighted by molar-refractivity contribution is 14.1. The first kappa shape index (κ1) is 12.3. The van der Waals surface area contributed by atoms with Crippen molar-refractivity contribution in [3.63, 3.8) is 0 Å². The molecule has 0 saturated carbocycles. The summed E-state index contributed by atoms with van der Waals surface area (Å²) < 4.78 is 18.8. The fraction of sp³-hybridized carbons (Fsp3) is 0.500. The van der Waals surface area contributed by atoms with Crippen molar-refractivity contribution in [1.82, 2.24) is 0 Å². The number of halogens is 4. The first-order valence-corrected chi connectivity index (χ1v) is 4.52. The van der Waals surface area contributed by atoms with Crippen molar-refractivity contribution >= 4 is 57.1 Å². The molecular formula is C4H2F2I2O4. The van der Waals surface area contributed by atoms with Crippen molar-refractivity contribution in [1.29, 1.82) is 0 Å². The normalized spacial score (nSPS) is 20.7. The number of rotatable bonds is 3. The van der Waals surface area contributed by atoms with Crippen molar-refractivity contribution in [2.75, 3.05) is 0 Å². The van der Waals surface area contributed by atoms with Gasteiger partial charge in [0.1, 0.15) is 0 Å². The third-order valence-corrected chi connectivity index (χ3v) is 4.37. The summed E-state index contributed by atoms with van der Waals surface area (Å²) in [5.41, 5.74) is 0. The number of aliphatic carboxylic acids is 2. The zero-order valence-corrected chi connectivity index (χ0v) is 9.54. The molecule has 0 saturated heterocycles. The second-order valence-electron chi connectivity index (χ2n) is 1.76. The lowest BCUT2D eigenvalue weighted by Gasteiger charge is -2.22. The smallest absolute Gasteiger partial charge is 0.356 e. The molecule has 0 aliphatic heterocycles. The van der Waals surface area contributed by atoms with Crippen LogP contribution in [0.15, 0.2) is 0 Å². The standard InChI is InChI=1S/C4H2F2I2O4/c5-3(7,1(9)10)4(6,8)2(11)12/h(H,9,10)(H,11,12). The first-order valence-electron chi connectivity index (χ1n) is 2.36. The maximum absolute atomic E-state index is 12.9. The van der Waals surface area contributed by atoms with Crippen LogP contribution in [-0.4, -0.2) is 29.5 Å². The van der Waals surface area contributed by atoms with Gasteiger partial charge in [-0.3, -0.25) is 0 Å². The zero-order chi connectivity index (χ0) is 10.2. The van der Waals surface area contributed by atoms with Crippen LogP contribution in [0.4, 0.5) is 8.78 Å². The Kier molecular flexibility index (Phi) is 3.63. The lowest BCUT2D eigenvalue weighted by atomic mass is 10.2. The third-order valence-electron chi connectivity index (χ3n) is 0.932. The summed E-state index contributed by atoms with van der Waals surface area (Å²) in [5.74, 6) is -4.33. The average Bonchev–Trinajstić information content (AvgIpc) is 1.86. The molecule has 70 valence electrons. The zero-order valence-electron chi connectivity index (χ0n) is 5.22. The Morgan fingerprint density at radius 2 is 1.17 bits per heavy atom. The van der Waals surface area contributed by atoms with E-state index in [2.05, 4.69) is 0 Å². The Labute approximate surface area is 92.6 Å². The van der Waals surface area contributed by atoms with Gasteiger partial charge in [-0.05, 0) is 45.2 Å². The third kappa shape index (κ3) is 1.95. The van der Waals surface area contributed by atoms with Crippen LogP contribution >= 0.6 is 45.2 Å². The largest absolute Gasteiger partial charge is 0.478 e. The SMILES string of the molecule is O=C(O)C(F)(I)C(F)(I)C(=O)O. The second kappa shape index (κ2) is 3.55. The molecule has 0 aromatic carbocycles. The Morgan fingerprint density at radius 1 is 1.00 bits per heavy atom. The van der Waals surface area contributed by atoms with E-state index in [4.69, 9.17) is 10.2 Å². The molecule has 8 heteroatoms. The van der Waals surface area contributed by atoms with E-state index in [1.54, 1.807) is 0 Å². The Morgan fingerprint density at radius 3 is 1.25 bits per heavy atom. The van der Waals surface area contributed by atoms with Crippen LogP contribution in [0, 0.1) is 0 Å². The molecule has 0 aromatic heterocycles. The summed E-state index contributed by atoms with van der Waals surface area (Å²) in [5, 5.41) is 16.3. The van der Waals surface area contributed by atoms with Crippen LogP contribution in [0.5, 0.6) is 0 Å². The van der Waals surface area contributed by atoms with Crippen LogP contribution in [-0.2, 0) is 9.59 Å². The van der Waals surface area contributed by atoms with E-state index < -0.39 is 19.3 Å². The Bertz CT molecular complexity index is 203. The lowest BCUT2D eigenvalue weighted by Crippen LogP contribution is -2.49. The topological polar surface area (TPSA) is 74.6 Å². The molecular weight excluding hydrogens is 404 g/mol. The van der Waals surface area contributed by atoms with Crippen LogP contribution in [0.3, 0.4) is 0 Å². The van der Waals surface area contributed by atoms with E-state index >= 15 is 0 Å². The van der Waals surface area contributed by atoms with Gasteiger partial charge < -0.3 is 10.2 Å². The molecule has 0 aliphatic rings. The summed E-state index contributed by atoms with van der Waals surface area (Å²) in [7, 11) is 0. The molecule has 0 spiro atoms. The summed E-state index contributed by atoms with van der Waals surface area (Å²) in [4.78, 5) is 20.2. The monoisotopic (exact) mass is 406 g/mol. The predicted octanol–water partition coefficient (Wildman–Crippen LogP) is 1.36. The van der Waals surface area contributed by atoms with Crippen molar-refractivity contribution < 1.29 is 28.6 Å². The molecule has 2 unspecified atom stereocenters. The van der Waals surface area contributed by atoms with Gasteiger partial charge in [0.05, 0.1) is 0 Å². The fourth-order valence-corrected chi connectivity index (χ4v) is 0.730. The highest BCUT2D eigenvalue weighted by Gasteiger charge is 2.62. The van der Waals surface area contributed by atoms with Gasteiger partial charge in [0, 0.05) is 0 Å². The molecule has 0 amide bonds. The Hall–Kier alpha value is 0.260. The molecule has 2 atom stereocenters. The van der Waals surface area contributed by atoms with Crippen LogP contribution in [0.1, 0.15) is 0 Å². The van der Waals surface area contributed by atoms with E-state index in [9.17, 15) is 18.4 Å². The van der Waals surface area contributed by atoms with E-state index in [-0.39, 0.29) is 0 Å². The minimum atomic E-state index is -3.48.